The summed E-state index contributed by atoms with van der Waals surface area (Å²) >= 11 is 0. The van der Waals surface area contributed by atoms with Gasteiger partial charge in [-0.2, -0.15) is 0 Å². The zero-order valence-electron chi connectivity index (χ0n) is 14.2. The predicted molar refractivity (Wildman–Crippen MR) is 88.7 cm³/mol. The second kappa shape index (κ2) is 8.52. The lowest BCUT2D eigenvalue weighted by Crippen LogP contribution is -2.42. The Hall–Kier alpha value is -2.31. The number of carbonyl (C=O) groups is 2. The van der Waals surface area contributed by atoms with Gasteiger partial charge in [-0.3, -0.25) is 4.79 Å². The first-order valence-corrected chi connectivity index (χ1v) is 8.22. The molecule has 24 heavy (non-hydrogen) atoms. The number of urea groups is 1. The normalized spacial score (nSPS) is 15.0. The minimum atomic E-state index is -0.477. The zero-order chi connectivity index (χ0) is 17.5. The molecule has 0 atom stereocenters. The van der Waals surface area contributed by atoms with Gasteiger partial charge in [0.1, 0.15) is 11.6 Å². The van der Waals surface area contributed by atoms with Gasteiger partial charge < -0.3 is 19.9 Å². The number of ether oxygens (including phenoxy) is 1. The molecule has 1 fully saturated rings. The van der Waals surface area contributed by atoms with Crippen LogP contribution in [0.5, 0.6) is 5.75 Å². The van der Waals surface area contributed by atoms with Crippen LogP contribution in [-0.2, 0) is 0 Å². The first kappa shape index (κ1) is 18.0. The van der Waals surface area contributed by atoms with Crippen molar-refractivity contribution in [3.63, 3.8) is 0 Å². The molecule has 0 bridgehead atoms. The maximum absolute atomic E-state index is 13.5. The third kappa shape index (κ3) is 4.37. The molecule has 1 saturated heterocycles. The van der Waals surface area contributed by atoms with E-state index in [1.165, 1.54) is 25.3 Å². The van der Waals surface area contributed by atoms with E-state index in [4.69, 9.17) is 4.74 Å². The summed E-state index contributed by atoms with van der Waals surface area (Å²) in [5.41, 5.74) is 0.210. The van der Waals surface area contributed by atoms with Crippen LogP contribution in [0.3, 0.4) is 0 Å². The van der Waals surface area contributed by atoms with Gasteiger partial charge in [0.15, 0.2) is 0 Å². The fourth-order valence-corrected chi connectivity index (χ4v) is 2.69. The highest BCUT2D eigenvalue weighted by Gasteiger charge is 2.24. The molecule has 0 unspecified atom stereocenters. The minimum Gasteiger partial charge on any atom is -0.496 e. The number of benzene rings is 1. The summed E-state index contributed by atoms with van der Waals surface area (Å²) in [6.07, 6.45) is 1.56. The molecular weight excluding hydrogens is 313 g/mol. The first-order chi connectivity index (χ1) is 11.6. The molecule has 0 aromatic heterocycles. The Kier molecular flexibility index (Phi) is 6.40. The van der Waals surface area contributed by atoms with Gasteiger partial charge in [-0.25, -0.2) is 9.18 Å². The van der Waals surface area contributed by atoms with Gasteiger partial charge in [0.2, 0.25) is 0 Å². The monoisotopic (exact) mass is 337 g/mol. The van der Waals surface area contributed by atoms with E-state index in [1.807, 2.05) is 6.92 Å². The quantitative estimate of drug-likeness (QED) is 0.915. The molecule has 0 radical (unpaired) electrons. The molecule has 1 aliphatic heterocycles. The van der Waals surface area contributed by atoms with Crippen LogP contribution in [0.4, 0.5) is 9.18 Å². The molecule has 1 aromatic rings. The lowest BCUT2D eigenvalue weighted by Gasteiger charge is -2.23. The predicted octanol–water partition coefficient (Wildman–Crippen LogP) is 2.10. The SMILES string of the molecule is CCCNC(=O)N1CCCN(C(=O)c2cc(F)ccc2OC)CC1. The second-order valence-electron chi connectivity index (χ2n) is 5.71. The second-order valence-corrected chi connectivity index (χ2v) is 5.71. The minimum absolute atomic E-state index is 0.102. The van der Waals surface area contributed by atoms with Crippen LogP contribution >= 0.6 is 0 Å². The molecule has 0 saturated carbocycles. The highest BCUT2D eigenvalue weighted by Crippen LogP contribution is 2.21. The largest absolute Gasteiger partial charge is 0.496 e. The fourth-order valence-electron chi connectivity index (χ4n) is 2.69. The number of halogens is 1. The molecule has 2 rings (SSSR count). The van der Waals surface area contributed by atoms with Crippen LogP contribution in [0.2, 0.25) is 0 Å². The van der Waals surface area contributed by atoms with Gasteiger partial charge >= 0.3 is 6.03 Å². The summed E-state index contributed by atoms with van der Waals surface area (Å²) in [4.78, 5) is 28.1. The van der Waals surface area contributed by atoms with Crippen LogP contribution in [0.25, 0.3) is 0 Å². The van der Waals surface area contributed by atoms with Crippen LogP contribution < -0.4 is 10.1 Å². The Morgan fingerprint density at radius 1 is 1.21 bits per heavy atom. The lowest BCUT2D eigenvalue weighted by atomic mass is 10.1. The average Bonchev–Trinajstić information content (AvgIpc) is 2.85. The molecule has 3 amide bonds. The summed E-state index contributed by atoms with van der Waals surface area (Å²) in [5.74, 6) is -0.403. The Bertz CT molecular complexity index is 594. The Morgan fingerprint density at radius 2 is 1.92 bits per heavy atom. The van der Waals surface area contributed by atoms with Crippen molar-refractivity contribution in [1.82, 2.24) is 15.1 Å². The van der Waals surface area contributed by atoms with Crippen LogP contribution in [-0.4, -0.2) is 61.6 Å². The zero-order valence-corrected chi connectivity index (χ0v) is 14.2. The van der Waals surface area contributed by atoms with E-state index >= 15 is 0 Å². The Labute approximate surface area is 141 Å². The number of amides is 3. The van der Waals surface area contributed by atoms with Crippen LogP contribution in [0.15, 0.2) is 18.2 Å². The molecule has 0 aliphatic carbocycles. The number of rotatable bonds is 4. The Balaban J connectivity index is 2.04. The van der Waals surface area contributed by atoms with Crippen molar-refractivity contribution in [2.75, 3.05) is 39.8 Å². The molecule has 132 valence electrons. The molecule has 1 heterocycles. The first-order valence-electron chi connectivity index (χ1n) is 8.22. The molecule has 0 spiro atoms. The summed E-state index contributed by atoms with van der Waals surface area (Å²) < 4.78 is 18.6. The number of carbonyl (C=O) groups excluding carboxylic acids is 2. The Morgan fingerprint density at radius 3 is 2.62 bits per heavy atom. The molecule has 6 nitrogen and oxygen atoms in total. The van der Waals surface area contributed by atoms with Crippen molar-refractivity contribution in [1.29, 1.82) is 0 Å². The van der Waals surface area contributed by atoms with E-state index in [-0.39, 0.29) is 17.5 Å². The van der Waals surface area contributed by atoms with Crippen LogP contribution in [0.1, 0.15) is 30.1 Å². The van der Waals surface area contributed by atoms with Crippen molar-refractivity contribution in [3.05, 3.63) is 29.6 Å². The smallest absolute Gasteiger partial charge is 0.317 e. The van der Waals surface area contributed by atoms with Gasteiger partial charge in [-0.05, 0) is 31.0 Å². The van der Waals surface area contributed by atoms with Crippen molar-refractivity contribution in [2.45, 2.75) is 19.8 Å². The third-order valence-corrected chi connectivity index (χ3v) is 3.99. The van der Waals surface area contributed by atoms with Gasteiger partial charge in [0.05, 0.1) is 12.7 Å². The average molecular weight is 337 g/mol. The van der Waals surface area contributed by atoms with Crippen molar-refractivity contribution in [2.24, 2.45) is 0 Å². The summed E-state index contributed by atoms with van der Waals surface area (Å²) in [6, 6.07) is 3.80. The number of hydrogen-bond donors (Lipinski definition) is 1. The molecule has 1 aromatic carbocycles. The molecule has 1 aliphatic rings. The maximum Gasteiger partial charge on any atom is 0.317 e. The number of hydrogen-bond acceptors (Lipinski definition) is 3. The van der Waals surface area contributed by atoms with Crippen LogP contribution in [0, 0.1) is 5.82 Å². The molecule has 7 heteroatoms. The van der Waals surface area contributed by atoms with E-state index in [0.717, 1.165) is 6.42 Å². The van der Waals surface area contributed by atoms with E-state index in [1.54, 1.807) is 9.80 Å². The van der Waals surface area contributed by atoms with E-state index in [9.17, 15) is 14.0 Å². The highest BCUT2D eigenvalue weighted by atomic mass is 19.1. The molecule has 1 N–H and O–H groups in total. The molecular formula is C17H24FN3O3. The summed E-state index contributed by atoms with van der Waals surface area (Å²) in [6.45, 7) is 4.63. The van der Waals surface area contributed by atoms with Crippen molar-refractivity contribution < 1.29 is 18.7 Å². The van der Waals surface area contributed by atoms with Gasteiger partial charge in [-0.15, -0.1) is 0 Å². The number of methoxy groups -OCH3 is 1. The van der Waals surface area contributed by atoms with Gasteiger partial charge in [-0.1, -0.05) is 6.92 Å². The number of nitrogens with zero attached hydrogens (tertiary/aromatic N) is 2. The van der Waals surface area contributed by atoms with Crippen molar-refractivity contribution in [3.8, 4) is 5.75 Å². The summed E-state index contributed by atoms with van der Waals surface area (Å²) in [5, 5.41) is 2.85. The van der Waals surface area contributed by atoms with E-state index < -0.39 is 5.82 Å². The summed E-state index contributed by atoms with van der Waals surface area (Å²) in [7, 11) is 1.45. The standard InChI is InChI=1S/C17H24FN3O3/c1-3-7-19-17(23)21-9-4-8-20(10-11-21)16(22)14-12-13(18)5-6-15(14)24-2/h5-6,12H,3-4,7-11H2,1-2H3,(H,19,23). The van der Waals surface area contributed by atoms with Gasteiger partial charge in [0, 0.05) is 32.7 Å². The topological polar surface area (TPSA) is 61.9 Å². The third-order valence-electron chi connectivity index (χ3n) is 3.99. The van der Waals surface area contributed by atoms with E-state index in [0.29, 0.717) is 44.9 Å². The highest BCUT2D eigenvalue weighted by molar-refractivity contribution is 5.97. The fraction of sp³-hybridized carbons (Fsp3) is 0.529. The lowest BCUT2D eigenvalue weighted by molar-refractivity contribution is 0.0758. The maximum atomic E-state index is 13.5. The van der Waals surface area contributed by atoms with E-state index in [2.05, 4.69) is 5.32 Å². The van der Waals surface area contributed by atoms with Gasteiger partial charge in [0.25, 0.3) is 5.91 Å². The number of nitrogens with one attached hydrogen (secondary N) is 1. The van der Waals surface area contributed by atoms with Crippen molar-refractivity contribution >= 4 is 11.9 Å².